The fraction of sp³-hybridized carbons (Fsp3) is 0.579. The third kappa shape index (κ3) is 3.72. The predicted octanol–water partition coefficient (Wildman–Crippen LogP) is 2.57. The van der Waals surface area contributed by atoms with Gasteiger partial charge in [0.25, 0.3) is 5.91 Å². The number of guanidine groups is 1. The molecule has 1 amide bonds. The van der Waals surface area contributed by atoms with Crippen molar-refractivity contribution in [2.45, 2.75) is 44.1 Å². The molecule has 2 aliphatic rings. The minimum atomic E-state index is -0.913. The first-order valence-electron chi connectivity index (χ1n) is 8.94. The molecule has 0 radical (unpaired) electrons. The summed E-state index contributed by atoms with van der Waals surface area (Å²) in [6.07, 6.45) is 6.71. The summed E-state index contributed by atoms with van der Waals surface area (Å²) in [4.78, 5) is 18.9. The Morgan fingerprint density at radius 2 is 2.00 bits per heavy atom. The normalized spacial score (nSPS) is 24.3. The maximum atomic E-state index is 12.9. The number of nitrogens with zero attached hydrogens (tertiary/aromatic N) is 2. The maximum Gasteiger partial charge on any atom is 0.260 e. The van der Waals surface area contributed by atoms with Crippen LogP contribution in [0.4, 0.5) is 0 Å². The number of ether oxygens (including phenoxy) is 2. The second-order valence-electron chi connectivity index (χ2n) is 7.04. The van der Waals surface area contributed by atoms with Crippen molar-refractivity contribution >= 4 is 11.9 Å². The number of aliphatic imine (C=N–C) groups is 1. The van der Waals surface area contributed by atoms with Crippen LogP contribution < -0.4 is 15.2 Å². The molecule has 1 aliphatic heterocycles. The van der Waals surface area contributed by atoms with E-state index in [-0.39, 0.29) is 18.5 Å². The summed E-state index contributed by atoms with van der Waals surface area (Å²) in [5, 5.41) is 0. The van der Waals surface area contributed by atoms with Gasteiger partial charge in [-0.1, -0.05) is 38.2 Å². The number of carbonyl (C=O) groups excluding carboxylic acids is 1. The Hall–Kier alpha value is -2.24. The lowest BCUT2D eigenvalue weighted by Gasteiger charge is -2.31. The van der Waals surface area contributed by atoms with Crippen molar-refractivity contribution in [3.8, 4) is 11.5 Å². The molecule has 1 aliphatic carbocycles. The zero-order valence-corrected chi connectivity index (χ0v) is 15.0. The van der Waals surface area contributed by atoms with Gasteiger partial charge < -0.3 is 15.2 Å². The Labute approximate surface area is 149 Å². The van der Waals surface area contributed by atoms with Gasteiger partial charge in [0.2, 0.25) is 0 Å². The van der Waals surface area contributed by atoms with E-state index in [0.717, 1.165) is 18.6 Å². The fourth-order valence-electron chi connectivity index (χ4n) is 3.81. The molecule has 1 unspecified atom stereocenters. The highest BCUT2D eigenvalue weighted by molar-refractivity contribution is 6.06. The van der Waals surface area contributed by atoms with E-state index >= 15 is 0 Å². The van der Waals surface area contributed by atoms with Gasteiger partial charge in [-0.05, 0) is 24.5 Å². The highest BCUT2D eigenvalue weighted by Gasteiger charge is 2.48. The SMILES string of the molecule is COc1cccc(OCC2(CC3CCCCC3)N=C(N)N(C)C2=O)c1. The molecule has 1 atom stereocenters. The largest absolute Gasteiger partial charge is 0.497 e. The highest BCUT2D eigenvalue weighted by Crippen LogP contribution is 2.36. The van der Waals surface area contributed by atoms with E-state index in [1.165, 1.54) is 24.2 Å². The maximum absolute atomic E-state index is 12.9. The molecule has 1 saturated carbocycles. The summed E-state index contributed by atoms with van der Waals surface area (Å²) in [5.41, 5.74) is 5.03. The van der Waals surface area contributed by atoms with Crippen LogP contribution in [0.3, 0.4) is 0 Å². The second kappa shape index (κ2) is 7.33. The van der Waals surface area contributed by atoms with Gasteiger partial charge in [-0.3, -0.25) is 9.69 Å². The number of methoxy groups -OCH3 is 1. The summed E-state index contributed by atoms with van der Waals surface area (Å²) in [5.74, 6) is 2.08. The van der Waals surface area contributed by atoms with Crippen molar-refractivity contribution in [2.24, 2.45) is 16.6 Å². The van der Waals surface area contributed by atoms with Gasteiger partial charge in [0.15, 0.2) is 11.5 Å². The first-order valence-corrected chi connectivity index (χ1v) is 8.94. The van der Waals surface area contributed by atoms with E-state index in [4.69, 9.17) is 15.2 Å². The zero-order valence-electron chi connectivity index (χ0n) is 15.0. The summed E-state index contributed by atoms with van der Waals surface area (Å²) < 4.78 is 11.2. The van der Waals surface area contributed by atoms with Crippen molar-refractivity contribution in [2.75, 3.05) is 20.8 Å². The Morgan fingerprint density at radius 1 is 1.28 bits per heavy atom. The van der Waals surface area contributed by atoms with Gasteiger partial charge in [-0.15, -0.1) is 0 Å². The topological polar surface area (TPSA) is 77.2 Å². The summed E-state index contributed by atoms with van der Waals surface area (Å²) in [7, 11) is 3.29. The molecule has 0 aromatic heterocycles. The summed E-state index contributed by atoms with van der Waals surface area (Å²) in [6.45, 7) is 0.195. The van der Waals surface area contributed by atoms with Crippen LogP contribution in [0.1, 0.15) is 38.5 Å². The zero-order chi connectivity index (χ0) is 17.9. The number of likely N-dealkylation sites (N-methyl/N-ethyl adjacent to an activating group) is 1. The average molecular weight is 345 g/mol. The monoisotopic (exact) mass is 345 g/mol. The number of amides is 1. The van der Waals surface area contributed by atoms with Crippen LogP contribution in [0.25, 0.3) is 0 Å². The molecule has 0 bridgehead atoms. The molecule has 0 saturated heterocycles. The highest BCUT2D eigenvalue weighted by atomic mass is 16.5. The van der Waals surface area contributed by atoms with Crippen molar-refractivity contribution in [3.63, 3.8) is 0 Å². The standard InChI is InChI=1S/C19H27N3O3/c1-22-17(23)19(21-18(22)20,12-14-7-4-3-5-8-14)13-25-16-10-6-9-15(11-16)24-2/h6,9-11,14H,3-5,7-8,12-13H2,1-2H3,(H2,20,21). The number of nitrogens with two attached hydrogens (primary N) is 1. The van der Waals surface area contributed by atoms with E-state index in [1.807, 2.05) is 24.3 Å². The molecular formula is C19H27N3O3. The van der Waals surface area contributed by atoms with Crippen molar-refractivity contribution in [1.82, 2.24) is 4.90 Å². The number of carbonyl (C=O) groups is 1. The molecule has 2 N–H and O–H groups in total. The molecule has 1 heterocycles. The van der Waals surface area contributed by atoms with Crippen LogP contribution in [0.15, 0.2) is 29.3 Å². The molecule has 25 heavy (non-hydrogen) atoms. The van der Waals surface area contributed by atoms with Gasteiger partial charge in [0.1, 0.15) is 18.1 Å². The van der Waals surface area contributed by atoms with E-state index in [9.17, 15) is 4.79 Å². The molecule has 136 valence electrons. The molecule has 6 heteroatoms. The second-order valence-corrected chi connectivity index (χ2v) is 7.04. The van der Waals surface area contributed by atoms with Gasteiger partial charge in [-0.25, -0.2) is 4.99 Å². The lowest BCUT2D eigenvalue weighted by atomic mass is 9.79. The first-order chi connectivity index (χ1) is 12.0. The van der Waals surface area contributed by atoms with Crippen molar-refractivity contribution < 1.29 is 14.3 Å². The van der Waals surface area contributed by atoms with Crippen LogP contribution >= 0.6 is 0 Å². The number of hydrogen-bond donors (Lipinski definition) is 1. The number of benzene rings is 1. The minimum absolute atomic E-state index is 0.0709. The average Bonchev–Trinajstić information content (AvgIpc) is 2.85. The molecule has 3 rings (SSSR count). The predicted molar refractivity (Wildman–Crippen MR) is 96.8 cm³/mol. The Balaban J connectivity index is 1.78. The molecule has 1 aromatic rings. The van der Waals surface area contributed by atoms with E-state index in [0.29, 0.717) is 18.1 Å². The lowest BCUT2D eigenvalue weighted by molar-refractivity contribution is -0.132. The summed E-state index contributed by atoms with van der Waals surface area (Å²) in [6, 6.07) is 7.38. The van der Waals surface area contributed by atoms with E-state index in [1.54, 1.807) is 14.2 Å². The molecule has 1 fully saturated rings. The van der Waals surface area contributed by atoms with E-state index in [2.05, 4.69) is 4.99 Å². The summed E-state index contributed by atoms with van der Waals surface area (Å²) >= 11 is 0. The fourth-order valence-corrected chi connectivity index (χ4v) is 3.81. The Bertz CT molecular complexity index is 655. The van der Waals surface area contributed by atoms with Gasteiger partial charge in [0.05, 0.1) is 7.11 Å². The Morgan fingerprint density at radius 3 is 2.64 bits per heavy atom. The third-order valence-corrected chi connectivity index (χ3v) is 5.24. The van der Waals surface area contributed by atoms with Crippen LogP contribution in [-0.4, -0.2) is 43.1 Å². The number of rotatable bonds is 6. The van der Waals surface area contributed by atoms with Gasteiger partial charge in [-0.2, -0.15) is 0 Å². The molecular weight excluding hydrogens is 318 g/mol. The number of hydrogen-bond acceptors (Lipinski definition) is 5. The van der Waals surface area contributed by atoms with Crippen LogP contribution in [0.5, 0.6) is 11.5 Å². The van der Waals surface area contributed by atoms with Crippen LogP contribution in [0.2, 0.25) is 0 Å². The van der Waals surface area contributed by atoms with Gasteiger partial charge in [0, 0.05) is 13.1 Å². The Kier molecular flexibility index (Phi) is 5.16. The van der Waals surface area contributed by atoms with Crippen LogP contribution in [0, 0.1) is 5.92 Å². The first kappa shape index (κ1) is 17.6. The third-order valence-electron chi connectivity index (χ3n) is 5.24. The van der Waals surface area contributed by atoms with E-state index < -0.39 is 5.54 Å². The van der Waals surface area contributed by atoms with Crippen molar-refractivity contribution in [3.05, 3.63) is 24.3 Å². The smallest absolute Gasteiger partial charge is 0.260 e. The molecule has 0 spiro atoms. The molecule has 1 aromatic carbocycles. The van der Waals surface area contributed by atoms with Crippen molar-refractivity contribution in [1.29, 1.82) is 0 Å². The van der Waals surface area contributed by atoms with Crippen LogP contribution in [-0.2, 0) is 4.79 Å². The molecule has 6 nitrogen and oxygen atoms in total. The lowest BCUT2D eigenvalue weighted by Crippen LogP contribution is -2.47. The quantitative estimate of drug-likeness (QED) is 0.859. The van der Waals surface area contributed by atoms with Gasteiger partial charge >= 0.3 is 0 Å². The minimum Gasteiger partial charge on any atom is -0.497 e.